The molecule has 3 heteroatoms. The van der Waals surface area contributed by atoms with E-state index in [2.05, 4.69) is 11.9 Å². The van der Waals surface area contributed by atoms with Gasteiger partial charge in [0.2, 0.25) is 0 Å². The monoisotopic (exact) mass is 199 g/mol. The van der Waals surface area contributed by atoms with Crippen molar-refractivity contribution in [2.75, 3.05) is 5.75 Å². The topological polar surface area (TPSA) is 12.9 Å². The van der Waals surface area contributed by atoms with E-state index >= 15 is 0 Å². The van der Waals surface area contributed by atoms with Crippen molar-refractivity contribution in [2.24, 2.45) is 0 Å². The van der Waals surface area contributed by atoms with Crippen LogP contribution in [0, 0.1) is 0 Å². The van der Waals surface area contributed by atoms with Gasteiger partial charge in [-0.1, -0.05) is 34.9 Å². The van der Waals surface area contributed by atoms with E-state index in [1.807, 2.05) is 46.1 Å². The Labute approximate surface area is 81.8 Å². The maximum absolute atomic E-state index is 3.97. The lowest BCUT2D eigenvalue weighted by atomic mass is 10.4. The number of unbranched alkanes of at least 4 members (excludes halogenated alkanes) is 1. The van der Waals surface area contributed by atoms with Crippen molar-refractivity contribution >= 4 is 21.6 Å². The summed E-state index contributed by atoms with van der Waals surface area (Å²) >= 11 is 0. The van der Waals surface area contributed by atoms with Crippen molar-refractivity contribution in [1.29, 1.82) is 0 Å². The fraction of sp³-hybridized carbons (Fsp3) is 0.444. The van der Waals surface area contributed by atoms with Crippen LogP contribution in [0.15, 0.2) is 29.4 Å². The van der Waals surface area contributed by atoms with Gasteiger partial charge in [-0.25, -0.2) is 0 Å². The molecule has 1 aromatic rings. The van der Waals surface area contributed by atoms with Crippen LogP contribution in [-0.4, -0.2) is 10.7 Å². The Balaban J connectivity index is 2.16. The van der Waals surface area contributed by atoms with Gasteiger partial charge in [0.15, 0.2) is 0 Å². The van der Waals surface area contributed by atoms with E-state index in [1.54, 1.807) is 0 Å². The maximum Gasteiger partial charge on any atom is 0.0279 e. The molecule has 12 heavy (non-hydrogen) atoms. The number of aromatic nitrogens is 1. The maximum atomic E-state index is 3.97. The van der Waals surface area contributed by atoms with Crippen LogP contribution in [0.2, 0.25) is 0 Å². The van der Waals surface area contributed by atoms with Crippen LogP contribution in [-0.2, 0) is 0 Å². The fourth-order valence-corrected chi connectivity index (χ4v) is 2.91. The summed E-state index contributed by atoms with van der Waals surface area (Å²) in [6.07, 6.45) is 6.26. The molecule has 0 bridgehead atoms. The zero-order chi connectivity index (χ0) is 8.65. The first-order chi connectivity index (χ1) is 5.93. The molecule has 1 aromatic heterocycles. The van der Waals surface area contributed by atoms with Gasteiger partial charge in [-0.2, -0.15) is 0 Å². The lowest BCUT2D eigenvalue weighted by Gasteiger charge is -1.98. The molecule has 1 nitrogen and oxygen atoms in total. The van der Waals surface area contributed by atoms with E-state index in [0.717, 1.165) is 0 Å². The van der Waals surface area contributed by atoms with Gasteiger partial charge in [-0.15, -0.1) is 0 Å². The summed E-state index contributed by atoms with van der Waals surface area (Å²) in [6, 6.07) is 4.09. The summed E-state index contributed by atoms with van der Waals surface area (Å²) in [7, 11) is 3.76. The molecule has 1 heterocycles. The van der Waals surface area contributed by atoms with Gasteiger partial charge in [0, 0.05) is 23.0 Å². The highest BCUT2D eigenvalue weighted by molar-refractivity contribution is 8.76. The molecule has 0 radical (unpaired) electrons. The molecule has 0 N–H and O–H groups in total. The van der Waals surface area contributed by atoms with E-state index in [1.165, 1.54) is 23.5 Å². The van der Waals surface area contributed by atoms with Crippen molar-refractivity contribution in [2.45, 2.75) is 24.7 Å². The van der Waals surface area contributed by atoms with Gasteiger partial charge in [-0.05, 0) is 18.6 Å². The summed E-state index contributed by atoms with van der Waals surface area (Å²) in [5.74, 6) is 1.24. The molecular weight excluding hydrogens is 186 g/mol. The Morgan fingerprint density at radius 2 is 2.08 bits per heavy atom. The quantitative estimate of drug-likeness (QED) is 0.531. The molecule has 0 fully saturated rings. The second-order valence-electron chi connectivity index (χ2n) is 2.44. The molecule has 0 saturated carbocycles. The molecular formula is C9H13NS2. The standard InChI is InChI=1S/C9H13NS2/c1-2-3-8-11-12-9-4-6-10-7-5-9/h4-7H,2-3,8H2,1H3. The van der Waals surface area contributed by atoms with Crippen LogP contribution in [0.5, 0.6) is 0 Å². The molecule has 0 unspecified atom stereocenters. The molecule has 66 valence electrons. The predicted molar refractivity (Wildman–Crippen MR) is 57.5 cm³/mol. The predicted octanol–water partition coefficient (Wildman–Crippen LogP) is 3.62. The third-order valence-corrected chi connectivity index (χ3v) is 3.85. The van der Waals surface area contributed by atoms with Gasteiger partial charge >= 0.3 is 0 Å². The molecule has 0 atom stereocenters. The lowest BCUT2D eigenvalue weighted by Crippen LogP contribution is -1.74. The van der Waals surface area contributed by atoms with E-state index in [-0.39, 0.29) is 0 Å². The third kappa shape index (κ3) is 4.02. The molecule has 0 aromatic carbocycles. The van der Waals surface area contributed by atoms with Crippen molar-refractivity contribution in [3.05, 3.63) is 24.5 Å². The zero-order valence-electron chi connectivity index (χ0n) is 7.19. The van der Waals surface area contributed by atoms with E-state index in [0.29, 0.717) is 0 Å². The number of hydrogen-bond acceptors (Lipinski definition) is 3. The molecule has 0 aliphatic heterocycles. The minimum Gasteiger partial charge on any atom is -0.265 e. The SMILES string of the molecule is CCCCSSc1ccncc1. The molecule has 0 aliphatic carbocycles. The highest BCUT2D eigenvalue weighted by atomic mass is 33.1. The number of pyridine rings is 1. The van der Waals surface area contributed by atoms with Crippen molar-refractivity contribution < 1.29 is 0 Å². The molecule has 0 amide bonds. The molecule has 0 spiro atoms. The largest absolute Gasteiger partial charge is 0.265 e. The Hall–Kier alpha value is -0.150. The smallest absolute Gasteiger partial charge is 0.0279 e. The molecule has 1 rings (SSSR count). The highest BCUT2D eigenvalue weighted by Crippen LogP contribution is 2.30. The van der Waals surface area contributed by atoms with Crippen LogP contribution in [0.1, 0.15) is 19.8 Å². The Morgan fingerprint density at radius 3 is 2.75 bits per heavy atom. The second kappa shape index (κ2) is 6.38. The van der Waals surface area contributed by atoms with Gasteiger partial charge in [0.25, 0.3) is 0 Å². The summed E-state index contributed by atoms with van der Waals surface area (Å²) in [6.45, 7) is 2.22. The molecule has 0 aliphatic rings. The van der Waals surface area contributed by atoms with Crippen LogP contribution in [0.3, 0.4) is 0 Å². The van der Waals surface area contributed by atoms with E-state index in [9.17, 15) is 0 Å². The van der Waals surface area contributed by atoms with Gasteiger partial charge in [0.1, 0.15) is 0 Å². The average Bonchev–Trinajstić information content (AvgIpc) is 2.14. The summed E-state index contributed by atoms with van der Waals surface area (Å²) in [4.78, 5) is 5.26. The number of nitrogens with zero attached hydrogens (tertiary/aromatic N) is 1. The third-order valence-electron chi connectivity index (χ3n) is 1.39. The number of hydrogen-bond donors (Lipinski definition) is 0. The Kier molecular flexibility index (Phi) is 5.28. The van der Waals surface area contributed by atoms with Crippen molar-refractivity contribution in [3.63, 3.8) is 0 Å². The Morgan fingerprint density at radius 1 is 1.33 bits per heavy atom. The average molecular weight is 199 g/mol. The normalized spacial score (nSPS) is 10.1. The highest BCUT2D eigenvalue weighted by Gasteiger charge is 1.92. The number of rotatable bonds is 5. The summed E-state index contributed by atoms with van der Waals surface area (Å²) in [5, 5.41) is 0. The zero-order valence-corrected chi connectivity index (χ0v) is 8.83. The first-order valence-electron chi connectivity index (χ1n) is 4.13. The summed E-state index contributed by atoms with van der Waals surface area (Å²) in [5.41, 5.74) is 0. The van der Waals surface area contributed by atoms with E-state index in [4.69, 9.17) is 0 Å². The summed E-state index contributed by atoms with van der Waals surface area (Å²) < 4.78 is 0. The van der Waals surface area contributed by atoms with Crippen molar-refractivity contribution in [3.8, 4) is 0 Å². The van der Waals surface area contributed by atoms with E-state index < -0.39 is 0 Å². The first kappa shape index (κ1) is 9.93. The van der Waals surface area contributed by atoms with Crippen LogP contribution >= 0.6 is 21.6 Å². The van der Waals surface area contributed by atoms with Gasteiger partial charge < -0.3 is 0 Å². The second-order valence-corrected chi connectivity index (χ2v) is 4.93. The first-order valence-corrected chi connectivity index (χ1v) is 6.45. The van der Waals surface area contributed by atoms with Crippen molar-refractivity contribution in [1.82, 2.24) is 4.98 Å². The van der Waals surface area contributed by atoms with Crippen LogP contribution < -0.4 is 0 Å². The van der Waals surface area contributed by atoms with Gasteiger partial charge in [0.05, 0.1) is 0 Å². The minimum atomic E-state index is 1.24. The van der Waals surface area contributed by atoms with Crippen LogP contribution in [0.25, 0.3) is 0 Å². The lowest BCUT2D eigenvalue weighted by molar-refractivity contribution is 0.898. The minimum absolute atomic E-state index is 1.24. The fourth-order valence-electron chi connectivity index (χ4n) is 0.707. The van der Waals surface area contributed by atoms with Crippen LogP contribution in [0.4, 0.5) is 0 Å². The Bertz CT molecular complexity index is 201. The van der Waals surface area contributed by atoms with Gasteiger partial charge in [-0.3, -0.25) is 4.98 Å². The molecule has 0 saturated heterocycles.